The Kier molecular flexibility index (Phi) is 9.79. The monoisotopic (exact) mass is 362 g/mol. The quantitative estimate of drug-likeness (QED) is 0.514. The molecular formula is C9H17O2Tl. The molecule has 68 valence electrons. The molecule has 0 saturated heterocycles. The van der Waals surface area contributed by atoms with Gasteiger partial charge >= 0.3 is 91.5 Å². The second-order valence-electron chi connectivity index (χ2n) is 3.01. The van der Waals surface area contributed by atoms with E-state index in [0.717, 1.165) is 6.42 Å². The van der Waals surface area contributed by atoms with Crippen LogP contribution in [0.1, 0.15) is 51.9 Å². The van der Waals surface area contributed by atoms with Crippen molar-refractivity contribution in [1.82, 2.24) is 0 Å². The Balaban J connectivity index is 2.95. The van der Waals surface area contributed by atoms with E-state index in [1.54, 1.807) is 0 Å². The average molecular weight is 362 g/mol. The summed E-state index contributed by atoms with van der Waals surface area (Å²) in [6.07, 6.45) is 8.01. The summed E-state index contributed by atoms with van der Waals surface area (Å²) in [7, 11) is 0. The number of hydrogen-bond acceptors (Lipinski definition) is 2. The zero-order valence-corrected chi connectivity index (χ0v) is 12.3. The number of carbonyl (C=O) groups excluding carboxylic acids is 1. The molecule has 0 atom stereocenters. The van der Waals surface area contributed by atoms with Gasteiger partial charge in [-0.25, -0.2) is 0 Å². The predicted molar refractivity (Wildman–Crippen MR) is 49.8 cm³/mol. The van der Waals surface area contributed by atoms with Crippen LogP contribution >= 0.6 is 0 Å². The van der Waals surface area contributed by atoms with Crippen LogP contribution in [0.3, 0.4) is 0 Å². The summed E-state index contributed by atoms with van der Waals surface area (Å²) in [5.74, 6) is -0.00417. The van der Waals surface area contributed by atoms with Crippen molar-refractivity contribution in [3.63, 3.8) is 0 Å². The average Bonchev–Trinajstić information content (AvgIpc) is 2.10. The van der Waals surface area contributed by atoms with Gasteiger partial charge in [-0.05, 0) is 0 Å². The molecule has 0 unspecified atom stereocenters. The van der Waals surface area contributed by atoms with E-state index in [4.69, 9.17) is 2.69 Å². The van der Waals surface area contributed by atoms with Gasteiger partial charge in [0.1, 0.15) is 0 Å². The van der Waals surface area contributed by atoms with Crippen molar-refractivity contribution >= 4 is 32.2 Å². The summed E-state index contributed by atoms with van der Waals surface area (Å²) in [6.45, 7) is 2.21. The van der Waals surface area contributed by atoms with E-state index in [9.17, 15) is 4.79 Å². The van der Waals surface area contributed by atoms with E-state index in [1.807, 2.05) is 0 Å². The maximum absolute atomic E-state index is 10.7. The first kappa shape index (κ1) is 12.4. The van der Waals surface area contributed by atoms with Crippen LogP contribution in [-0.4, -0.2) is 32.2 Å². The van der Waals surface area contributed by atoms with E-state index in [2.05, 4.69) is 6.92 Å². The van der Waals surface area contributed by atoms with Gasteiger partial charge in [-0.1, -0.05) is 0 Å². The van der Waals surface area contributed by atoms with Crippen molar-refractivity contribution < 1.29 is 7.48 Å². The summed E-state index contributed by atoms with van der Waals surface area (Å²) < 4.78 is 4.71. The predicted octanol–water partition coefficient (Wildman–Crippen LogP) is 2.36. The molecule has 0 bridgehead atoms. The number of carbonyl (C=O) groups is 1. The third kappa shape index (κ3) is 8.49. The molecule has 0 fully saturated rings. The SMILES string of the molecule is CCCCCCCCC(=O)[O][Tl]. The van der Waals surface area contributed by atoms with Gasteiger partial charge in [0.05, 0.1) is 0 Å². The van der Waals surface area contributed by atoms with Crippen molar-refractivity contribution in [2.75, 3.05) is 0 Å². The molecule has 0 aromatic rings. The summed E-state index contributed by atoms with van der Waals surface area (Å²) in [4.78, 5) is 10.7. The summed E-state index contributed by atoms with van der Waals surface area (Å²) >= 11 is 0.364. The van der Waals surface area contributed by atoms with Crippen LogP contribution in [0.15, 0.2) is 0 Å². The molecule has 0 saturated carbocycles. The Morgan fingerprint density at radius 3 is 2.33 bits per heavy atom. The Bertz CT molecular complexity index is 115. The van der Waals surface area contributed by atoms with Crippen LogP contribution in [0.5, 0.6) is 0 Å². The summed E-state index contributed by atoms with van der Waals surface area (Å²) in [5, 5.41) is 0. The molecule has 0 aliphatic carbocycles. The molecular weight excluding hydrogens is 344 g/mol. The van der Waals surface area contributed by atoms with Crippen LogP contribution in [-0.2, 0) is 7.48 Å². The standard InChI is InChI=1S/C9H18O2.Tl/c1-2-3-4-5-6-7-8-9(10)11;/h2-8H2,1H3,(H,10,11);/q;+1/p-1. The van der Waals surface area contributed by atoms with E-state index >= 15 is 0 Å². The first-order valence-electron chi connectivity index (χ1n) is 4.70. The second kappa shape index (κ2) is 9.48. The third-order valence-electron chi connectivity index (χ3n) is 1.87. The molecule has 0 aliphatic heterocycles. The van der Waals surface area contributed by atoms with Crippen LogP contribution in [0.25, 0.3) is 0 Å². The van der Waals surface area contributed by atoms with Crippen molar-refractivity contribution in [2.24, 2.45) is 0 Å². The third-order valence-corrected chi connectivity index (χ3v) is 2.89. The fourth-order valence-electron chi connectivity index (χ4n) is 1.11. The van der Waals surface area contributed by atoms with Gasteiger partial charge in [-0.2, -0.15) is 0 Å². The molecule has 0 amide bonds. The molecule has 0 aliphatic rings. The van der Waals surface area contributed by atoms with Gasteiger partial charge in [0.25, 0.3) is 0 Å². The van der Waals surface area contributed by atoms with E-state index in [-0.39, 0.29) is 5.97 Å². The Hall–Kier alpha value is 0.392. The van der Waals surface area contributed by atoms with E-state index < -0.39 is 0 Å². The summed E-state index contributed by atoms with van der Waals surface area (Å²) in [6, 6.07) is 0. The zero-order chi connectivity index (χ0) is 9.23. The van der Waals surface area contributed by atoms with Gasteiger partial charge in [-0.3, -0.25) is 0 Å². The minimum absolute atomic E-state index is 0.00417. The van der Waals surface area contributed by atoms with Crippen LogP contribution in [0.2, 0.25) is 0 Å². The molecule has 0 spiro atoms. The topological polar surface area (TPSA) is 26.3 Å². The fourth-order valence-corrected chi connectivity index (χ4v) is 1.57. The number of hydrogen-bond donors (Lipinski definition) is 0. The molecule has 3 heteroatoms. The van der Waals surface area contributed by atoms with Gasteiger partial charge in [-0.15, -0.1) is 0 Å². The normalized spacial score (nSPS) is 9.67. The van der Waals surface area contributed by atoms with Crippen LogP contribution in [0, 0.1) is 0 Å². The molecule has 0 aromatic carbocycles. The minimum atomic E-state index is -0.00417. The van der Waals surface area contributed by atoms with Crippen LogP contribution in [0.4, 0.5) is 0 Å². The van der Waals surface area contributed by atoms with Crippen molar-refractivity contribution in [3.05, 3.63) is 0 Å². The molecule has 2 nitrogen and oxygen atoms in total. The number of unbranched alkanes of at least 4 members (excludes halogenated alkanes) is 5. The van der Waals surface area contributed by atoms with E-state index in [1.165, 1.54) is 32.1 Å². The molecule has 0 heterocycles. The maximum atomic E-state index is 10.7. The molecule has 12 heavy (non-hydrogen) atoms. The summed E-state index contributed by atoms with van der Waals surface area (Å²) in [5.41, 5.74) is 0. The van der Waals surface area contributed by atoms with Gasteiger partial charge < -0.3 is 0 Å². The Labute approximate surface area is 91.4 Å². The van der Waals surface area contributed by atoms with Crippen molar-refractivity contribution in [3.8, 4) is 0 Å². The first-order valence-corrected chi connectivity index (χ1v) is 6.54. The van der Waals surface area contributed by atoms with Crippen LogP contribution < -0.4 is 0 Å². The van der Waals surface area contributed by atoms with Crippen molar-refractivity contribution in [2.45, 2.75) is 51.9 Å². The van der Waals surface area contributed by atoms with Gasteiger partial charge in [0, 0.05) is 0 Å². The zero-order valence-electron chi connectivity index (χ0n) is 7.84. The molecule has 0 N–H and O–H groups in total. The van der Waals surface area contributed by atoms with E-state index in [0.29, 0.717) is 32.6 Å². The molecule has 0 aromatic heterocycles. The van der Waals surface area contributed by atoms with Crippen molar-refractivity contribution in [1.29, 1.82) is 0 Å². The number of rotatable bonds is 7. The molecule has 0 radical (unpaired) electrons. The molecule has 0 rings (SSSR count). The fraction of sp³-hybridized carbons (Fsp3) is 0.889. The Morgan fingerprint density at radius 2 is 1.75 bits per heavy atom. The Morgan fingerprint density at radius 1 is 1.17 bits per heavy atom. The second-order valence-corrected chi connectivity index (χ2v) is 3.92. The first-order chi connectivity index (χ1) is 5.81. The van der Waals surface area contributed by atoms with Gasteiger partial charge in [0.2, 0.25) is 0 Å². The van der Waals surface area contributed by atoms with Gasteiger partial charge in [0.15, 0.2) is 0 Å².